The van der Waals surface area contributed by atoms with Crippen LogP contribution in [0.3, 0.4) is 0 Å². The lowest BCUT2D eigenvalue weighted by atomic mass is 10.1. The molecule has 36 heavy (non-hydrogen) atoms. The van der Waals surface area contributed by atoms with Gasteiger partial charge in [-0.1, -0.05) is 0 Å². The molecule has 188 valence electrons. The van der Waals surface area contributed by atoms with Gasteiger partial charge in [0.05, 0.1) is 23.7 Å². The first kappa shape index (κ1) is 24.8. The van der Waals surface area contributed by atoms with E-state index >= 15 is 0 Å². The van der Waals surface area contributed by atoms with Crippen molar-refractivity contribution in [1.82, 2.24) is 19.8 Å². The third kappa shape index (κ3) is 5.49. The number of benzene rings is 2. The number of anilines is 2. The summed E-state index contributed by atoms with van der Waals surface area (Å²) in [7, 11) is -3.62. The number of rotatable bonds is 8. The molecule has 0 aliphatic rings. The van der Waals surface area contributed by atoms with Gasteiger partial charge in [0.1, 0.15) is 17.9 Å². The molecule has 0 bridgehead atoms. The number of fused-ring (bicyclic) bond motifs is 1. The summed E-state index contributed by atoms with van der Waals surface area (Å²) in [5.41, 5.74) is 0.988. The number of hydrogen-bond donors (Lipinski definition) is 2. The largest absolute Gasteiger partial charge is 0.454 e. The molecule has 0 saturated heterocycles. The van der Waals surface area contributed by atoms with Crippen LogP contribution in [0.2, 0.25) is 0 Å². The third-order valence-electron chi connectivity index (χ3n) is 4.80. The van der Waals surface area contributed by atoms with Crippen molar-refractivity contribution >= 4 is 33.1 Å². The number of hydrogen-bond acceptors (Lipinski definition) is 8. The molecular formula is C22H20F2N6O5S. The Balaban J connectivity index is 1.85. The number of amides is 1. The Morgan fingerprint density at radius 2 is 1.86 bits per heavy atom. The zero-order valence-corrected chi connectivity index (χ0v) is 19.8. The van der Waals surface area contributed by atoms with E-state index < -0.39 is 27.8 Å². The van der Waals surface area contributed by atoms with E-state index in [-0.39, 0.29) is 52.1 Å². The van der Waals surface area contributed by atoms with Gasteiger partial charge in [-0.05, 0) is 50.2 Å². The maximum Gasteiger partial charge on any atom is 0.411 e. The number of nitrogens with one attached hydrogen (secondary N) is 2. The van der Waals surface area contributed by atoms with Crippen LogP contribution < -0.4 is 14.8 Å². The minimum atomic E-state index is -3.62. The standard InChI is InChI=1S/C22H20F2N6O5S/c1-3-34-22(31)26-18-11-17(28-30-12-25-27-21(18)30)15-10-14(29-36(32,33)4-2)6-8-19(15)35-20-7-5-13(23)9-16(20)24/h5-12,29H,3-4H2,1-2H3,(H,26,31). The Labute approximate surface area is 204 Å². The van der Waals surface area contributed by atoms with Crippen molar-refractivity contribution in [3.63, 3.8) is 0 Å². The highest BCUT2D eigenvalue weighted by atomic mass is 32.2. The number of carbonyl (C=O) groups excluding carboxylic acids is 1. The molecule has 0 aliphatic heterocycles. The van der Waals surface area contributed by atoms with Crippen molar-refractivity contribution in [2.24, 2.45) is 0 Å². The Hall–Kier alpha value is -4.33. The summed E-state index contributed by atoms with van der Waals surface area (Å²) in [6.45, 7) is 3.26. The first-order valence-electron chi connectivity index (χ1n) is 10.6. The van der Waals surface area contributed by atoms with Gasteiger partial charge < -0.3 is 9.47 Å². The fraction of sp³-hybridized carbons (Fsp3) is 0.182. The quantitative estimate of drug-likeness (QED) is 0.354. The first-order valence-corrected chi connectivity index (χ1v) is 12.3. The van der Waals surface area contributed by atoms with E-state index in [0.29, 0.717) is 6.07 Å². The lowest BCUT2D eigenvalue weighted by molar-refractivity contribution is 0.168. The zero-order chi connectivity index (χ0) is 25.9. The van der Waals surface area contributed by atoms with Gasteiger partial charge in [-0.3, -0.25) is 10.0 Å². The van der Waals surface area contributed by atoms with Crippen molar-refractivity contribution < 1.29 is 31.5 Å². The van der Waals surface area contributed by atoms with E-state index in [9.17, 15) is 22.0 Å². The molecule has 0 spiro atoms. The number of aromatic nitrogens is 4. The lowest BCUT2D eigenvalue weighted by Gasteiger charge is -2.15. The molecule has 2 aromatic heterocycles. The molecule has 0 fully saturated rings. The topological polar surface area (TPSA) is 137 Å². The van der Waals surface area contributed by atoms with Gasteiger partial charge in [0.2, 0.25) is 15.7 Å². The minimum Gasteiger partial charge on any atom is -0.454 e. The van der Waals surface area contributed by atoms with Crippen LogP contribution in [-0.2, 0) is 14.8 Å². The summed E-state index contributed by atoms with van der Waals surface area (Å²) < 4.78 is 66.3. The van der Waals surface area contributed by atoms with Crippen LogP contribution in [0.1, 0.15) is 13.8 Å². The average Bonchev–Trinajstić information content (AvgIpc) is 3.31. The van der Waals surface area contributed by atoms with Crippen LogP contribution in [0, 0.1) is 11.6 Å². The fourth-order valence-corrected chi connectivity index (χ4v) is 3.77. The Bertz CT molecular complexity index is 1540. The molecule has 0 atom stereocenters. The summed E-state index contributed by atoms with van der Waals surface area (Å²) in [4.78, 5) is 12.1. The van der Waals surface area contributed by atoms with E-state index in [1.54, 1.807) is 6.92 Å². The summed E-state index contributed by atoms with van der Waals surface area (Å²) in [5.74, 6) is -2.08. The van der Waals surface area contributed by atoms with Crippen molar-refractivity contribution in [3.8, 4) is 22.8 Å². The predicted octanol–water partition coefficient (Wildman–Crippen LogP) is 4.19. The minimum absolute atomic E-state index is 0.0713. The van der Waals surface area contributed by atoms with E-state index in [1.165, 1.54) is 42.0 Å². The summed E-state index contributed by atoms with van der Waals surface area (Å²) in [6.07, 6.45) is 0.549. The molecule has 2 N–H and O–H groups in total. The Kier molecular flexibility index (Phi) is 6.96. The number of halogens is 2. The normalized spacial score (nSPS) is 11.3. The van der Waals surface area contributed by atoms with Gasteiger partial charge in [0.15, 0.2) is 11.6 Å². The highest BCUT2D eigenvalue weighted by Gasteiger charge is 2.19. The lowest BCUT2D eigenvalue weighted by Crippen LogP contribution is -2.15. The monoisotopic (exact) mass is 518 g/mol. The number of nitrogens with zero attached hydrogens (tertiary/aromatic N) is 4. The first-order chi connectivity index (χ1) is 17.2. The third-order valence-corrected chi connectivity index (χ3v) is 6.11. The van der Waals surface area contributed by atoms with Gasteiger partial charge in [-0.15, -0.1) is 10.2 Å². The van der Waals surface area contributed by atoms with Gasteiger partial charge in [0.25, 0.3) is 0 Å². The molecule has 0 aliphatic carbocycles. The molecule has 4 rings (SSSR count). The smallest absolute Gasteiger partial charge is 0.411 e. The SMILES string of the molecule is CCOC(=O)Nc1cc(-c2cc(NS(=O)(=O)CC)ccc2Oc2ccc(F)cc2F)nn2cnnc12. The molecule has 0 radical (unpaired) electrons. The maximum atomic E-state index is 14.3. The second-order valence-corrected chi connectivity index (χ2v) is 9.29. The van der Waals surface area contributed by atoms with Crippen LogP contribution in [0.15, 0.2) is 48.8 Å². The molecule has 11 nitrogen and oxygen atoms in total. The van der Waals surface area contributed by atoms with Crippen molar-refractivity contribution in [2.45, 2.75) is 13.8 Å². The number of carbonyl (C=O) groups is 1. The van der Waals surface area contributed by atoms with Crippen LogP contribution in [0.5, 0.6) is 11.5 Å². The molecule has 14 heteroatoms. The Morgan fingerprint density at radius 1 is 1.08 bits per heavy atom. The van der Waals surface area contributed by atoms with Crippen LogP contribution in [0.4, 0.5) is 25.0 Å². The fourth-order valence-electron chi connectivity index (χ4n) is 3.14. The zero-order valence-electron chi connectivity index (χ0n) is 19.0. The maximum absolute atomic E-state index is 14.3. The highest BCUT2D eigenvalue weighted by molar-refractivity contribution is 7.92. The molecule has 4 aromatic rings. The highest BCUT2D eigenvalue weighted by Crippen LogP contribution is 2.37. The van der Waals surface area contributed by atoms with E-state index in [0.717, 1.165) is 12.1 Å². The van der Waals surface area contributed by atoms with Gasteiger partial charge >= 0.3 is 6.09 Å². The molecular weight excluding hydrogens is 498 g/mol. The van der Waals surface area contributed by atoms with Crippen molar-refractivity contribution in [3.05, 3.63) is 60.4 Å². The summed E-state index contributed by atoms with van der Waals surface area (Å²) >= 11 is 0. The van der Waals surface area contributed by atoms with E-state index in [1.807, 2.05) is 0 Å². The summed E-state index contributed by atoms with van der Waals surface area (Å²) in [6, 6.07) is 8.52. The second kappa shape index (κ2) is 10.1. The molecule has 2 aromatic carbocycles. The number of ether oxygens (including phenoxy) is 2. The Morgan fingerprint density at radius 3 is 2.58 bits per heavy atom. The van der Waals surface area contributed by atoms with Crippen LogP contribution >= 0.6 is 0 Å². The second-order valence-electron chi connectivity index (χ2n) is 7.28. The van der Waals surface area contributed by atoms with Gasteiger partial charge in [0, 0.05) is 17.3 Å². The van der Waals surface area contributed by atoms with Crippen LogP contribution in [-0.4, -0.2) is 46.7 Å². The van der Waals surface area contributed by atoms with Crippen molar-refractivity contribution in [2.75, 3.05) is 22.4 Å². The molecule has 0 unspecified atom stereocenters. The van der Waals surface area contributed by atoms with E-state index in [4.69, 9.17) is 9.47 Å². The molecule has 1 amide bonds. The van der Waals surface area contributed by atoms with Crippen molar-refractivity contribution in [1.29, 1.82) is 0 Å². The number of sulfonamides is 1. The van der Waals surface area contributed by atoms with E-state index in [2.05, 4.69) is 25.3 Å². The predicted molar refractivity (Wildman–Crippen MR) is 126 cm³/mol. The van der Waals surface area contributed by atoms with Gasteiger partial charge in [-0.25, -0.2) is 22.0 Å². The average molecular weight is 519 g/mol. The van der Waals surface area contributed by atoms with Crippen LogP contribution in [0.25, 0.3) is 16.9 Å². The molecule has 2 heterocycles. The summed E-state index contributed by atoms with van der Waals surface area (Å²) in [5, 5.41) is 14.7. The molecule has 0 saturated carbocycles. The van der Waals surface area contributed by atoms with Gasteiger partial charge in [-0.2, -0.15) is 9.61 Å².